The fourth-order valence-electron chi connectivity index (χ4n) is 2.60. The summed E-state index contributed by atoms with van der Waals surface area (Å²) in [5.74, 6) is 0.697. The number of rotatable bonds is 3. The third-order valence-electron chi connectivity index (χ3n) is 3.53. The molecule has 0 amide bonds. The van der Waals surface area contributed by atoms with E-state index in [0.717, 1.165) is 23.4 Å². The molecule has 88 valence electrons. The van der Waals surface area contributed by atoms with E-state index < -0.39 is 0 Å². The average molecular weight is 220 g/mol. The lowest BCUT2D eigenvalue weighted by Crippen LogP contribution is -2.08. The van der Waals surface area contributed by atoms with Gasteiger partial charge < -0.3 is 5.11 Å². The smallest absolute Gasteiger partial charge is 0.0811 e. The summed E-state index contributed by atoms with van der Waals surface area (Å²) in [7, 11) is 0. The zero-order valence-corrected chi connectivity index (χ0v) is 10.1. The molecule has 1 saturated carbocycles. The largest absolute Gasteiger partial charge is 0.388 e. The maximum atomic E-state index is 10.2. The zero-order valence-electron chi connectivity index (χ0n) is 10.1. The summed E-state index contributed by atoms with van der Waals surface area (Å²) in [6.07, 6.45) is 5.71. The van der Waals surface area contributed by atoms with Crippen molar-refractivity contribution in [3.8, 4) is 0 Å². The van der Waals surface area contributed by atoms with Crippen LogP contribution in [-0.2, 0) is 0 Å². The first kappa shape index (κ1) is 11.5. The zero-order chi connectivity index (χ0) is 11.5. The molecule has 1 N–H and O–H groups in total. The van der Waals surface area contributed by atoms with Gasteiger partial charge in [-0.3, -0.25) is 0 Å². The standard InChI is InChI=1S/C13H20N2O/c1-9-7-12(10(2)15-14-9)13(16)8-11-5-3-4-6-11/h7,11,13,16H,3-6,8H2,1-2H3. The highest BCUT2D eigenvalue weighted by Gasteiger charge is 2.21. The highest BCUT2D eigenvalue weighted by Crippen LogP contribution is 2.33. The van der Waals surface area contributed by atoms with Crippen molar-refractivity contribution in [1.29, 1.82) is 0 Å². The molecule has 1 aromatic rings. The second kappa shape index (κ2) is 4.91. The summed E-state index contributed by atoms with van der Waals surface area (Å²) < 4.78 is 0. The van der Waals surface area contributed by atoms with Gasteiger partial charge in [-0.25, -0.2) is 0 Å². The molecule has 0 radical (unpaired) electrons. The van der Waals surface area contributed by atoms with Gasteiger partial charge in [0.05, 0.1) is 17.5 Å². The number of aliphatic hydroxyl groups is 1. The highest BCUT2D eigenvalue weighted by molar-refractivity contribution is 5.22. The number of aromatic nitrogens is 2. The van der Waals surface area contributed by atoms with Gasteiger partial charge in [-0.2, -0.15) is 10.2 Å². The molecule has 1 aliphatic rings. The Morgan fingerprint density at radius 1 is 1.31 bits per heavy atom. The lowest BCUT2D eigenvalue weighted by atomic mass is 9.95. The number of aryl methyl sites for hydroxylation is 2. The SMILES string of the molecule is Cc1cc(C(O)CC2CCCC2)c(C)nn1. The Kier molecular flexibility index (Phi) is 3.54. The van der Waals surface area contributed by atoms with E-state index in [9.17, 15) is 5.11 Å². The molecule has 1 heterocycles. The van der Waals surface area contributed by atoms with Crippen molar-refractivity contribution < 1.29 is 5.11 Å². The molecule has 1 atom stereocenters. The van der Waals surface area contributed by atoms with E-state index in [2.05, 4.69) is 10.2 Å². The molecule has 1 fully saturated rings. The molecular weight excluding hydrogens is 200 g/mol. The van der Waals surface area contributed by atoms with Gasteiger partial charge in [0.25, 0.3) is 0 Å². The third-order valence-corrected chi connectivity index (χ3v) is 3.53. The second-order valence-electron chi connectivity index (χ2n) is 4.93. The highest BCUT2D eigenvalue weighted by atomic mass is 16.3. The quantitative estimate of drug-likeness (QED) is 0.852. The second-order valence-corrected chi connectivity index (χ2v) is 4.93. The van der Waals surface area contributed by atoms with Gasteiger partial charge in [-0.1, -0.05) is 25.7 Å². The van der Waals surface area contributed by atoms with Crippen LogP contribution in [0.1, 0.15) is 55.2 Å². The maximum absolute atomic E-state index is 10.2. The average Bonchev–Trinajstić information content (AvgIpc) is 2.74. The van der Waals surface area contributed by atoms with Crippen LogP contribution < -0.4 is 0 Å². The lowest BCUT2D eigenvalue weighted by molar-refractivity contribution is 0.143. The summed E-state index contributed by atoms with van der Waals surface area (Å²) >= 11 is 0. The number of hydrogen-bond donors (Lipinski definition) is 1. The fraction of sp³-hybridized carbons (Fsp3) is 0.692. The van der Waals surface area contributed by atoms with Crippen molar-refractivity contribution in [1.82, 2.24) is 10.2 Å². The first-order valence-corrected chi connectivity index (χ1v) is 6.15. The van der Waals surface area contributed by atoms with Crippen LogP contribution in [0.15, 0.2) is 6.07 Å². The summed E-state index contributed by atoms with van der Waals surface area (Å²) in [4.78, 5) is 0. The molecule has 0 spiro atoms. The molecule has 1 aromatic heterocycles. The van der Waals surface area contributed by atoms with E-state index in [1.54, 1.807) is 0 Å². The summed E-state index contributed by atoms with van der Waals surface area (Å²) in [5, 5.41) is 18.3. The van der Waals surface area contributed by atoms with E-state index in [-0.39, 0.29) is 6.10 Å². The normalized spacial score (nSPS) is 18.9. The summed E-state index contributed by atoms with van der Waals surface area (Å²) in [6.45, 7) is 3.83. The molecule has 1 unspecified atom stereocenters. The van der Waals surface area contributed by atoms with Gasteiger partial charge in [0.1, 0.15) is 0 Å². The Labute approximate surface area is 96.9 Å². The van der Waals surface area contributed by atoms with E-state index in [4.69, 9.17) is 0 Å². The molecule has 0 saturated heterocycles. The van der Waals surface area contributed by atoms with Gasteiger partial charge in [0, 0.05) is 5.56 Å². The molecule has 0 bridgehead atoms. The van der Waals surface area contributed by atoms with Crippen LogP contribution >= 0.6 is 0 Å². The van der Waals surface area contributed by atoms with Crippen molar-refractivity contribution in [2.24, 2.45) is 5.92 Å². The predicted octanol–water partition coefficient (Wildman–Crippen LogP) is 2.71. The first-order valence-electron chi connectivity index (χ1n) is 6.15. The monoisotopic (exact) mass is 220 g/mol. The Hall–Kier alpha value is -0.960. The van der Waals surface area contributed by atoms with Crippen molar-refractivity contribution in [3.63, 3.8) is 0 Å². The number of hydrogen-bond acceptors (Lipinski definition) is 3. The van der Waals surface area contributed by atoms with E-state index in [0.29, 0.717) is 5.92 Å². The Bertz CT molecular complexity index is 359. The van der Waals surface area contributed by atoms with Gasteiger partial charge >= 0.3 is 0 Å². The van der Waals surface area contributed by atoms with E-state index in [1.807, 2.05) is 19.9 Å². The van der Waals surface area contributed by atoms with Crippen molar-refractivity contribution in [2.45, 2.75) is 52.1 Å². The van der Waals surface area contributed by atoms with Crippen molar-refractivity contribution in [2.75, 3.05) is 0 Å². The van der Waals surface area contributed by atoms with Gasteiger partial charge in [0.2, 0.25) is 0 Å². The van der Waals surface area contributed by atoms with E-state index >= 15 is 0 Å². The molecular formula is C13H20N2O. The third kappa shape index (κ3) is 2.59. The van der Waals surface area contributed by atoms with Crippen LogP contribution in [0.3, 0.4) is 0 Å². The van der Waals surface area contributed by atoms with Crippen LogP contribution in [0.2, 0.25) is 0 Å². The minimum atomic E-state index is -0.364. The van der Waals surface area contributed by atoms with Crippen LogP contribution in [0.5, 0.6) is 0 Å². The fourth-order valence-corrected chi connectivity index (χ4v) is 2.60. The topological polar surface area (TPSA) is 46.0 Å². The summed E-state index contributed by atoms with van der Waals surface area (Å²) in [5.41, 5.74) is 2.70. The Balaban J connectivity index is 2.07. The molecule has 16 heavy (non-hydrogen) atoms. The number of nitrogens with zero attached hydrogens (tertiary/aromatic N) is 2. The molecule has 1 aliphatic carbocycles. The minimum absolute atomic E-state index is 0.364. The van der Waals surface area contributed by atoms with Gasteiger partial charge in [-0.15, -0.1) is 0 Å². The van der Waals surface area contributed by atoms with Crippen LogP contribution in [0.25, 0.3) is 0 Å². The van der Waals surface area contributed by atoms with E-state index in [1.165, 1.54) is 25.7 Å². The van der Waals surface area contributed by atoms with Crippen molar-refractivity contribution in [3.05, 3.63) is 23.0 Å². The van der Waals surface area contributed by atoms with Crippen LogP contribution in [0.4, 0.5) is 0 Å². The summed E-state index contributed by atoms with van der Waals surface area (Å²) in [6, 6.07) is 1.96. The molecule has 0 aromatic carbocycles. The molecule has 3 nitrogen and oxygen atoms in total. The van der Waals surface area contributed by atoms with Crippen LogP contribution in [-0.4, -0.2) is 15.3 Å². The minimum Gasteiger partial charge on any atom is -0.388 e. The number of aliphatic hydroxyl groups excluding tert-OH is 1. The van der Waals surface area contributed by atoms with Gasteiger partial charge in [0.15, 0.2) is 0 Å². The van der Waals surface area contributed by atoms with Gasteiger partial charge in [-0.05, 0) is 32.3 Å². The lowest BCUT2D eigenvalue weighted by Gasteiger charge is -2.17. The Morgan fingerprint density at radius 3 is 2.69 bits per heavy atom. The molecule has 3 heteroatoms. The first-order chi connectivity index (χ1) is 7.66. The maximum Gasteiger partial charge on any atom is 0.0811 e. The molecule has 0 aliphatic heterocycles. The Morgan fingerprint density at radius 2 is 2.00 bits per heavy atom. The predicted molar refractivity (Wildman–Crippen MR) is 63.0 cm³/mol. The van der Waals surface area contributed by atoms with Crippen LogP contribution in [0, 0.1) is 19.8 Å². The van der Waals surface area contributed by atoms with Crippen molar-refractivity contribution >= 4 is 0 Å². The molecule has 2 rings (SSSR count).